The lowest BCUT2D eigenvalue weighted by atomic mass is 10.2. The first-order valence-corrected chi connectivity index (χ1v) is 6.27. The number of benzene rings is 1. The Kier molecular flexibility index (Phi) is 4.03. The van der Waals surface area contributed by atoms with E-state index in [1.54, 1.807) is 12.1 Å². The minimum atomic E-state index is -0.474. The zero-order valence-electron chi connectivity index (χ0n) is 10.4. The Hall–Kier alpha value is -2.06. The fraction of sp³-hybridized carbons (Fsp3) is 0.273. The van der Waals surface area contributed by atoms with E-state index >= 15 is 0 Å². The van der Waals surface area contributed by atoms with E-state index in [4.69, 9.17) is 4.74 Å². The number of nitrogens with zero attached hydrogens (tertiary/aromatic N) is 3. The molecule has 0 atom stereocenters. The van der Waals surface area contributed by atoms with E-state index in [2.05, 4.69) is 15.5 Å². The summed E-state index contributed by atoms with van der Waals surface area (Å²) in [5, 5.41) is 23.4. The SMILES string of the molecule is CNCc1nnc(-c2ccc(OC)c([N+](=O)[O-])c2)s1. The molecule has 0 spiro atoms. The number of rotatable bonds is 5. The van der Waals surface area contributed by atoms with Crippen LogP contribution in [0.5, 0.6) is 5.75 Å². The molecule has 0 saturated carbocycles. The van der Waals surface area contributed by atoms with Crippen LogP contribution in [0.4, 0.5) is 5.69 Å². The summed E-state index contributed by atoms with van der Waals surface area (Å²) in [6, 6.07) is 4.74. The van der Waals surface area contributed by atoms with Gasteiger partial charge in [0.2, 0.25) is 0 Å². The highest BCUT2D eigenvalue weighted by Crippen LogP contribution is 2.33. The predicted octanol–water partition coefficient (Wildman–Crippen LogP) is 1.84. The van der Waals surface area contributed by atoms with Gasteiger partial charge in [-0.3, -0.25) is 10.1 Å². The first-order chi connectivity index (χ1) is 9.15. The lowest BCUT2D eigenvalue weighted by molar-refractivity contribution is -0.385. The van der Waals surface area contributed by atoms with Crippen molar-refractivity contribution in [2.45, 2.75) is 6.54 Å². The molecule has 19 heavy (non-hydrogen) atoms. The van der Waals surface area contributed by atoms with Gasteiger partial charge in [0.05, 0.1) is 12.0 Å². The van der Waals surface area contributed by atoms with Crippen LogP contribution in [0.15, 0.2) is 18.2 Å². The second-order valence-electron chi connectivity index (χ2n) is 3.68. The van der Waals surface area contributed by atoms with Crippen LogP contribution in [0.2, 0.25) is 0 Å². The van der Waals surface area contributed by atoms with Gasteiger partial charge >= 0.3 is 5.69 Å². The van der Waals surface area contributed by atoms with Crippen molar-refractivity contribution in [1.29, 1.82) is 0 Å². The van der Waals surface area contributed by atoms with Crippen LogP contribution in [-0.2, 0) is 6.54 Å². The van der Waals surface area contributed by atoms with Crippen molar-refractivity contribution in [3.05, 3.63) is 33.3 Å². The summed E-state index contributed by atoms with van der Waals surface area (Å²) in [5.41, 5.74) is 0.581. The number of nitrogens with one attached hydrogen (secondary N) is 1. The number of aromatic nitrogens is 2. The smallest absolute Gasteiger partial charge is 0.311 e. The molecule has 0 bridgehead atoms. The van der Waals surface area contributed by atoms with Crippen molar-refractivity contribution in [2.75, 3.05) is 14.2 Å². The first kappa shape index (κ1) is 13.4. The quantitative estimate of drug-likeness (QED) is 0.664. The molecule has 1 heterocycles. The molecule has 100 valence electrons. The Morgan fingerprint density at radius 1 is 1.47 bits per heavy atom. The molecule has 0 aliphatic rings. The van der Waals surface area contributed by atoms with Gasteiger partial charge in [-0.2, -0.15) is 0 Å². The normalized spacial score (nSPS) is 10.4. The van der Waals surface area contributed by atoms with Crippen molar-refractivity contribution < 1.29 is 9.66 Å². The number of hydrogen-bond donors (Lipinski definition) is 1. The Labute approximate surface area is 113 Å². The van der Waals surface area contributed by atoms with Crippen LogP contribution < -0.4 is 10.1 Å². The topological polar surface area (TPSA) is 90.2 Å². The Balaban J connectivity index is 2.39. The molecule has 0 aliphatic heterocycles. The van der Waals surface area contributed by atoms with E-state index in [-0.39, 0.29) is 11.4 Å². The van der Waals surface area contributed by atoms with Crippen LogP contribution in [-0.4, -0.2) is 29.3 Å². The van der Waals surface area contributed by atoms with Crippen LogP contribution in [0.25, 0.3) is 10.6 Å². The van der Waals surface area contributed by atoms with Crippen molar-refractivity contribution in [3.63, 3.8) is 0 Å². The molecule has 0 amide bonds. The molecule has 1 aromatic heterocycles. The fourth-order valence-corrected chi connectivity index (χ4v) is 2.41. The fourth-order valence-electron chi connectivity index (χ4n) is 1.56. The molecule has 0 aliphatic carbocycles. The molecular formula is C11H12N4O3S. The zero-order chi connectivity index (χ0) is 13.8. The maximum atomic E-state index is 11.0. The maximum absolute atomic E-state index is 11.0. The number of nitro groups is 1. The monoisotopic (exact) mass is 280 g/mol. The molecule has 0 unspecified atom stereocenters. The molecule has 7 nitrogen and oxygen atoms in total. The molecule has 2 aromatic rings. The molecular weight excluding hydrogens is 268 g/mol. The third-order valence-corrected chi connectivity index (χ3v) is 3.39. The number of ether oxygens (including phenoxy) is 1. The third-order valence-electron chi connectivity index (χ3n) is 2.42. The molecule has 1 N–H and O–H groups in total. The van der Waals surface area contributed by atoms with Crippen LogP contribution in [0.1, 0.15) is 5.01 Å². The third kappa shape index (κ3) is 2.85. The number of methoxy groups -OCH3 is 1. The highest BCUT2D eigenvalue weighted by molar-refractivity contribution is 7.14. The van der Waals surface area contributed by atoms with Gasteiger partial charge in [0.25, 0.3) is 0 Å². The van der Waals surface area contributed by atoms with Crippen molar-refractivity contribution in [3.8, 4) is 16.3 Å². The molecule has 0 saturated heterocycles. The summed E-state index contributed by atoms with van der Waals surface area (Å²) in [6.07, 6.45) is 0. The van der Waals surface area contributed by atoms with Gasteiger partial charge in [-0.25, -0.2) is 0 Å². The summed E-state index contributed by atoms with van der Waals surface area (Å²) >= 11 is 1.40. The van der Waals surface area contributed by atoms with E-state index < -0.39 is 4.92 Å². The van der Waals surface area contributed by atoms with E-state index in [1.807, 2.05) is 7.05 Å². The van der Waals surface area contributed by atoms with Crippen LogP contribution in [0.3, 0.4) is 0 Å². The van der Waals surface area contributed by atoms with Crippen LogP contribution >= 0.6 is 11.3 Å². The minimum absolute atomic E-state index is 0.0784. The Morgan fingerprint density at radius 2 is 2.26 bits per heavy atom. The van der Waals surface area contributed by atoms with Gasteiger partial charge in [0.1, 0.15) is 10.0 Å². The van der Waals surface area contributed by atoms with Gasteiger partial charge < -0.3 is 10.1 Å². The van der Waals surface area contributed by atoms with Crippen molar-refractivity contribution >= 4 is 17.0 Å². The lowest BCUT2D eigenvalue weighted by Gasteiger charge is -2.02. The van der Waals surface area contributed by atoms with Gasteiger partial charge in [0.15, 0.2) is 5.75 Å². The molecule has 1 aromatic carbocycles. The van der Waals surface area contributed by atoms with Gasteiger partial charge in [0, 0.05) is 18.2 Å². The predicted molar refractivity (Wildman–Crippen MR) is 71.3 cm³/mol. The van der Waals surface area contributed by atoms with E-state index in [0.29, 0.717) is 17.1 Å². The van der Waals surface area contributed by atoms with E-state index in [0.717, 1.165) is 5.01 Å². The highest BCUT2D eigenvalue weighted by Gasteiger charge is 2.17. The average Bonchev–Trinajstić information content (AvgIpc) is 2.87. The minimum Gasteiger partial charge on any atom is -0.490 e. The van der Waals surface area contributed by atoms with Gasteiger partial charge in [-0.05, 0) is 19.2 Å². The molecule has 0 radical (unpaired) electrons. The molecule has 2 rings (SSSR count). The maximum Gasteiger partial charge on any atom is 0.311 e. The first-order valence-electron chi connectivity index (χ1n) is 5.45. The van der Waals surface area contributed by atoms with Crippen LogP contribution in [0, 0.1) is 10.1 Å². The van der Waals surface area contributed by atoms with Crippen molar-refractivity contribution in [2.24, 2.45) is 0 Å². The Bertz CT molecular complexity index is 599. The van der Waals surface area contributed by atoms with Gasteiger partial charge in [-0.1, -0.05) is 11.3 Å². The highest BCUT2D eigenvalue weighted by atomic mass is 32.1. The van der Waals surface area contributed by atoms with Gasteiger partial charge in [-0.15, -0.1) is 10.2 Å². The zero-order valence-corrected chi connectivity index (χ0v) is 11.2. The number of hydrogen-bond acceptors (Lipinski definition) is 7. The molecule has 0 fully saturated rings. The Morgan fingerprint density at radius 3 is 2.89 bits per heavy atom. The average molecular weight is 280 g/mol. The van der Waals surface area contributed by atoms with Crippen molar-refractivity contribution in [1.82, 2.24) is 15.5 Å². The lowest BCUT2D eigenvalue weighted by Crippen LogP contribution is -2.04. The second kappa shape index (κ2) is 5.72. The summed E-state index contributed by atoms with van der Waals surface area (Å²) < 4.78 is 4.96. The van der Waals surface area contributed by atoms with E-state index in [1.165, 1.54) is 24.5 Å². The summed E-state index contributed by atoms with van der Waals surface area (Å²) in [4.78, 5) is 10.5. The second-order valence-corrected chi connectivity index (χ2v) is 4.74. The van der Waals surface area contributed by atoms with E-state index in [9.17, 15) is 10.1 Å². The molecule has 8 heteroatoms. The summed E-state index contributed by atoms with van der Waals surface area (Å²) in [6.45, 7) is 0.621. The summed E-state index contributed by atoms with van der Waals surface area (Å²) in [7, 11) is 3.22. The standard InChI is InChI=1S/C11H12N4O3S/c1-12-6-10-13-14-11(19-10)7-3-4-9(18-2)8(5-7)15(16)17/h3-5,12H,6H2,1-2H3. The number of nitro benzene ring substituents is 1. The summed E-state index contributed by atoms with van der Waals surface area (Å²) in [5.74, 6) is 0.230. The largest absolute Gasteiger partial charge is 0.490 e.